The lowest BCUT2D eigenvalue weighted by Crippen LogP contribution is -2.34. The summed E-state index contributed by atoms with van der Waals surface area (Å²) in [7, 11) is 2.03. The van der Waals surface area contributed by atoms with Gasteiger partial charge in [0, 0.05) is 24.2 Å². The molecule has 1 aliphatic heterocycles. The number of carbonyl (C=O) groups is 1. The fourth-order valence-electron chi connectivity index (χ4n) is 3.99. The number of rotatable bonds is 8. The van der Waals surface area contributed by atoms with Crippen LogP contribution in [0.5, 0.6) is 0 Å². The topological polar surface area (TPSA) is 78.1 Å². The summed E-state index contributed by atoms with van der Waals surface area (Å²) in [5, 5.41) is 2.98. The fourth-order valence-corrected chi connectivity index (χ4v) is 3.99. The first-order valence-electron chi connectivity index (χ1n) is 10.9. The van der Waals surface area contributed by atoms with Crippen LogP contribution in [0.3, 0.4) is 0 Å². The third kappa shape index (κ3) is 5.54. The first-order chi connectivity index (χ1) is 15.3. The zero-order valence-electron chi connectivity index (χ0n) is 19.2. The minimum atomic E-state index is -0.120. The van der Waals surface area contributed by atoms with Gasteiger partial charge in [0.1, 0.15) is 13.7 Å². The predicted octanol–water partition coefficient (Wildman–Crippen LogP) is 1.55. The second-order valence-corrected chi connectivity index (χ2v) is 8.42. The number of likely N-dealkylation sites (tertiary alicyclic amines) is 1. The Bertz CT molecular complexity index is 1120. The second-order valence-electron chi connectivity index (χ2n) is 8.42. The number of carbonyl (C=O) groups excluding carboxylic acids is 1. The molecule has 7 heteroatoms. The van der Waals surface area contributed by atoms with Crippen LogP contribution in [0.25, 0.3) is 11.3 Å². The third-order valence-corrected chi connectivity index (χ3v) is 5.93. The van der Waals surface area contributed by atoms with Crippen LogP contribution >= 0.6 is 0 Å². The van der Waals surface area contributed by atoms with Crippen LogP contribution in [-0.4, -0.2) is 48.3 Å². The highest BCUT2D eigenvalue weighted by Crippen LogP contribution is 2.23. The second kappa shape index (κ2) is 10.4. The van der Waals surface area contributed by atoms with Crippen LogP contribution in [0.15, 0.2) is 60.0 Å². The summed E-state index contributed by atoms with van der Waals surface area (Å²) in [5.41, 5.74) is 5.35. The predicted molar refractivity (Wildman–Crippen MR) is 133 cm³/mol. The van der Waals surface area contributed by atoms with E-state index in [-0.39, 0.29) is 17.4 Å². The summed E-state index contributed by atoms with van der Waals surface area (Å²) in [4.78, 5) is 35.1. The van der Waals surface area contributed by atoms with Crippen LogP contribution < -0.4 is 16.3 Å². The van der Waals surface area contributed by atoms with Crippen molar-refractivity contribution in [3.63, 3.8) is 0 Å². The number of aromatic nitrogens is 2. The largest absolute Gasteiger partial charge is 0.352 e. The maximum atomic E-state index is 12.6. The molecule has 0 bridgehead atoms. The number of nitrogens with one attached hydrogen (secondary N) is 2. The van der Waals surface area contributed by atoms with E-state index in [4.69, 9.17) is 4.98 Å². The lowest BCUT2D eigenvalue weighted by molar-refractivity contribution is -0.124. The average molecular weight is 430 g/mol. The Morgan fingerprint density at radius 1 is 1.38 bits per heavy atom. The van der Waals surface area contributed by atoms with Crippen molar-refractivity contribution < 1.29 is 4.79 Å². The molecular weight excluding hydrogens is 399 g/mol. The van der Waals surface area contributed by atoms with Crippen LogP contribution in [0, 0.1) is 19.8 Å². The van der Waals surface area contributed by atoms with E-state index in [0.717, 1.165) is 40.8 Å². The first-order valence-corrected chi connectivity index (χ1v) is 10.9. The van der Waals surface area contributed by atoms with Crippen molar-refractivity contribution in [2.24, 2.45) is 5.92 Å². The third-order valence-electron chi connectivity index (χ3n) is 5.93. The number of H-pyrrole nitrogens is 1. The van der Waals surface area contributed by atoms with Crippen molar-refractivity contribution in [3.8, 4) is 11.3 Å². The molecule has 1 unspecified atom stereocenters. The number of amides is 1. The highest BCUT2D eigenvalue weighted by Gasteiger charge is 2.28. The molecule has 2 N–H and O–H groups in total. The molecule has 2 aromatic rings. The van der Waals surface area contributed by atoms with E-state index in [1.54, 1.807) is 19.1 Å². The first kappa shape index (κ1) is 23.5. The fraction of sp³-hybridized carbons (Fsp3) is 0.320. The number of nitrogens with zero attached hydrogens (tertiary/aromatic N) is 2. The van der Waals surface area contributed by atoms with Gasteiger partial charge in [-0.2, -0.15) is 0 Å². The van der Waals surface area contributed by atoms with Gasteiger partial charge in [-0.1, -0.05) is 55.0 Å². The summed E-state index contributed by atoms with van der Waals surface area (Å²) in [6.07, 6.45) is 6.01. The molecule has 1 saturated heterocycles. The molecule has 2 heterocycles. The molecule has 0 spiro atoms. The van der Waals surface area contributed by atoms with Crippen molar-refractivity contribution in [2.75, 3.05) is 19.6 Å². The summed E-state index contributed by atoms with van der Waals surface area (Å²) in [6.45, 7) is 13.6. The molecule has 0 aliphatic carbocycles. The Morgan fingerprint density at radius 2 is 2.16 bits per heavy atom. The van der Waals surface area contributed by atoms with Crippen molar-refractivity contribution >= 4 is 19.2 Å². The molecule has 1 aromatic carbocycles. The molecule has 3 rings (SSSR count). The molecule has 0 saturated carbocycles. The molecule has 1 atom stereocenters. The number of aromatic amines is 1. The normalized spacial score (nSPS) is 16.7. The molecule has 166 valence electrons. The zero-order valence-corrected chi connectivity index (χ0v) is 19.2. The Kier molecular flexibility index (Phi) is 7.64. The van der Waals surface area contributed by atoms with Crippen LogP contribution in [0.1, 0.15) is 23.4 Å². The summed E-state index contributed by atoms with van der Waals surface area (Å²) in [6, 6.07) is 6.18. The highest BCUT2D eigenvalue weighted by molar-refractivity contribution is 6.32. The highest BCUT2D eigenvalue weighted by atomic mass is 16.2. The van der Waals surface area contributed by atoms with Crippen LogP contribution in [0.4, 0.5) is 0 Å². The van der Waals surface area contributed by atoms with Crippen molar-refractivity contribution in [2.45, 2.75) is 26.8 Å². The van der Waals surface area contributed by atoms with Crippen molar-refractivity contribution in [3.05, 3.63) is 82.5 Å². The van der Waals surface area contributed by atoms with Crippen LogP contribution in [0.2, 0.25) is 0 Å². The average Bonchev–Trinajstić information content (AvgIpc) is 3.23. The van der Waals surface area contributed by atoms with Gasteiger partial charge in [-0.15, -0.1) is 0 Å². The number of allylic oxidation sites excluding steroid dienone is 2. The van der Waals surface area contributed by atoms with E-state index in [9.17, 15) is 9.59 Å². The Balaban J connectivity index is 1.70. The lowest BCUT2D eigenvalue weighted by Gasteiger charge is -2.17. The molecule has 1 amide bonds. The number of hydrogen-bond acceptors (Lipinski definition) is 4. The summed E-state index contributed by atoms with van der Waals surface area (Å²) >= 11 is 0. The molecule has 6 nitrogen and oxygen atoms in total. The molecule has 1 aromatic heterocycles. The van der Waals surface area contributed by atoms with E-state index in [1.165, 1.54) is 0 Å². The Morgan fingerprint density at radius 3 is 2.88 bits per heavy atom. The molecule has 0 radical (unpaired) electrons. The molecule has 1 aliphatic rings. The summed E-state index contributed by atoms with van der Waals surface area (Å²) in [5.74, 6) is 0.576. The SMILES string of the molecule is Bc1ccc(C)c(-c2nc(CN3CCC(C(=O)NC/C(C=C)=C/C=C)C3)[nH]c(=O)c2C)c1. The Labute approximate surface area is 190 Å². The monoisotopic (exact) mass is 430 g/mol. The van der Waals surface area contributed by atoms with Crippen LogP contribution in [-0.2, 0) is 11.3 Å². The van der Waals surface area contributed by atoms with E-state index in [0.29, 0.717) is 31.0 Å². The van der Waals surface area contributed by atoms with Gasteiger partial charge in [-0.3, -0.25) is 14.5 Å². The van der Waals surface area contributed by atoms with Gasteiger partial charge >= 0.3 is 0 Å². The number of aryl methyl sites for hydroxylation is 1. The van der Waals surface area contributed by atoms with Gasteiger partial charge in [-0.05, 0) is 37.9 Å². The van der Waals surface area contributed by atoms with E-state index in [1.807, 2.05) is 20.8 Å². The van der Waals surface area contributed by atoms with E-state index < -0.39 is 0 Å². The van der Waals surface area contributed by atoms with E-state index >= 15 is 0 Å². The minimum absolute atomic E-state index is 0.0331. The maximum absolute atomic E-state index is 12.6. The minimum Gasteiger partial charge on any atom is -0.352 e. The maximum Gasteiger partial charge on any atom is 0.254 e. The van der Waals surface area contributed by atoms with Gasteiger partial charge in [0.25, 0.3) is 5.56 Å². The molecule has 32 heavy (non-hydrogen) atoms. The summed E-state index contributed by atoms with van der Waals surface area (Å²) < 4.78 is 0. The molecule has 1 fully saturated rings. The number of benzene rings is 1. The zero-order chi connectivity index (χ0) is 23.3. The van der Waals surface area contributed by atoms with Gasteiger partial charge in [0.05, 0.1) is 18.2 Å². The Hall–Kier alpha value is -3.19. The van der Waals surface area contributed by atoms with Gasteiger partial charge in [0.2, 0.25) is 5.91 Å². The van der Waals surface area contributed by atoms with Crippen molar-refractivity contribution in [1.29, 1.82) is 0 Å². The van der Waals surface area contributed by atoms with Gasteiger partial charge in [0.15, 0.2) is 0 Å². The van der Waals surface area contributed by atoms with Gasteiger partial charge < -0.3 is 10.3 Å². The smallest absolute Gasteiger partial charge is 0.254 e. The quantitative estimate of drug-likeness (QED) is 0.492. The van der Waals surface area contributed by atoms with E-state index in [2.05, 4.69) is 46.6 Å². The molecular formula is C25H31BN4O2. The number of hydrogen-bond donors (Lipinski definition) is 2. The lowest BCUT2D eigenvalue weighted by atomic mass is 9.90. The van der Waals surface area contributed by atoms with Gasteiger partial charge in [-0.25, -0.2) is 4.98 Å². The van der Waals surface area contributed by atoms with Crippen molar-refractivity contribution in [1.82, 2.24) is 20.2 Å². The standard InChI is InChI=1S/C25H31BN4O2/c1-5-7-18(6-2)13-27-25(32)19-10-11-30(14-19)15-22-28-23(17(4)24(31)29-22)21-12-20(26)9-8-16(21)3/h5-9,12,19H,1-2,10-11,13-15,26H2,3-4H3,(H,27,32)(H,28,29,31)/b18-7+.